The fourth-order valence-corrected chi connectivity index (χ4v) is 3.50. The lowest BCUT2D eigenvalue weighted by Crippen LogP contribution is -2.44. The molecule has 1 aromatic heterocycles. The molecule has 122 valence electrons. The number of aryl methyl sites for hydroxylation is 1. The molecule has 0 unspecified atom stereocenters. The first-order chi connectivity index (χ1) is 11.1. The predicted octanol–water partition coefficient (Wildman–Crippen LogP) is 2.92. The normalized spacial score (nSPS) is 15.9. The molecular formula is C19H25N3O. The number of likely N-dealkylation sites (tertiary alicyclic amines) is 1. The average molecular weight is 311 g/mol. The van der Waals surface area contributed by atoms with Gasteiger partial charge in [-0.1, -0.05) is 18.2 Å². The number of aromatic nitrogens is 1. The van der Waals surface area contributed by atoms with E-state index < -0.39 is 0 Å². The van der Waals surface area contributed by atoms with Gasteiger partial charge in [-0.2, -0.15) is 0 Å². The standard InChI is InChI=1S/C19H25N3O/c1-14-13-18(15(2)22(14)17-7-5-4-6-8-17)19(23)21-11-9-16(20-3)10-12-21/h4-8,13,16,20H,9-12H2,1-3H3. The van der Waals surface area contributed by atoms with E-state index in [2.05, 4.69) is 28.9 Å². The van der Waals surface area contributed by atoms with Crippen LogP contribution in [0, 0.1) is 13.8 Å². The lowest BCUT2D eigenvalue weighted by atomic mass is 10.0. The van der Waals surface area contributed by atoms with E-state index in [0.717, 1.165) is 48.6 Å². The number of amides is 1. The molecule has 4 nitrogen and oxygen atoms in total. The molecule has 1 aromatic carbocycles. The highest BCUT2D eigenvalue weighted by Crippen LogP contribution is 2.23. The number of hydrogen-bond acceptors (Lipinski definition) is 2. The van der Waals surface area contributed by atoms with Crippen molar-refractivity contribution in [2.45, 2.75) is 32.7 Å². The van der Waals surface area contributed by atoms with E-state index in [1.54, 1.807) is 0 Å². The van der Waals surface area contributed by atoms with Gasteiger partial charge in [0, 0.05) is 36.2 Å². The van der Waals surface area contributed by atoms with Crippen LogP contribution in [0.5, 0.6) is 0 Å². The maximum atomic E-state index is 12.9. The van der Waals surface area contributed by atoms with Gasteiger partial charge in [0.1, 0.15) is 0 Å². The topological polar surface area (TPSA) is 37.3 Å². The Bertz CT molecular complexity index is 682. The Hall–Kier alpha value is -2.07. The zero-order chi connectivity index (χ0) is 16.4. The van der Waals surface area contributed by atoms with Crippen LogP contribution < -0.4 is 5.32 Å². The number of piperidine rings is 1. The van der Waals surface area contributed by atoms with E-state index in [-0.39, 0.29) is 5.91 Å². The van der Waals surface area contributed by atoms with Gasteiger partial charge in [-0.05, 0) is 51.9 Å². The zero-order valence-electron chi connectivity index (χ0n) is 14.2. The number of carbonyl (C=O) groups excluding carboxylic acids is 1. The van der Waals surface area contributed by atoms with Gasteiger partial charge in [0.15, 0.2) is 0 Å². The van der Waals surface area contributed by atoms with Crippen molar-refractivity contribution in [1.82, 2.24) is 14.8 Å². The highest BCUT2D eigenvalue weighted by atomic mass is 16.2. The van der Waals surface area contributed by atoms with Crippen molar-refractivity contribution in [1.29, 1.82) is 0 Å². The summed E-state index contributed by atoms with van der Waals surface area (Å²) in [6.07, 6.45) is 2.05. The summed E-state index contributed by atoms with van der Waals surface area (Å²) >= 11 is 0. The van der Waals surface area contributed by atoms with Crippen molar-refractivity contribution in [3.05, 3.63) is 53.3 Å². The molecule has 0 saturated carbocycles. The van der Waals surface area contributed by atoms with Crippen LogP contribution in [0.15, 0.2) is 36.4 Å². The third-order valence-corrected chi connectivity index (χ3v) is 4.87. The van der Waals surface area contributed by atoms with Gasteiger partial charge in [-0.3, -0.25) is 4.79 Å². The van der Waals surface area contributed by atoms with E-state index >= 15 is 0 Å². The van der Waals surface area contributed by atoms with E-state index in [0.29, 0.717) is 6.04 Å². The summed E-state index contributed by atoms with van der Waals surface area (Å²) in [4.78, 5) is 14.9. The van der Waals surface area contributed by atoms with Gasteiger partial charge < -0.3 is 14.8 Å². The van der Waals surface area contributed by atoms with Gasteiger partial charge in [-0.25, -0.2) is 0 Å². The first-order valence-corrected chi connectivity index (χ1v) is 8.32. The third kappa shape index (κ3) is 3.04. The number of carbonyl (C=O) groups is 1. The van der Waals surface area contributed by atoms with Crippen molar-refractivity contribution in [3.8, 4) is 5.69 Å². The minimum Gasteiger partial charge on any atom is -0.338 e. The van der Waals surface area contributed by atoms with E-state index in [9.17, 15) is 4.79 Å². The molecule has 1 aliphatic rings. The van der Waals surface area contributed by atoms with Crippen molar-refractivity contribution < 1.29 is 4.79 Å². The highest BCUT2D eigenvalue weighted by molar-refractivity contribution is 5.96. The molecule has 0 bridgehead atoms. The molecule has 3 rings (SSSR count). The SMILES string of the molecule is CNC1CCN(C(=O)c2cc(C)n(-c3ccccc3)c2C)CC1. The van der Waals surface area contributed by atoms with Crippen LogP contribution in [-0.4, -0.2) is 41.6 Å². The maximum absolute atomic E-state index is 12.9. The first kappa shape index (κ1) is 15.8. The minimum absolute atomic E-state index is 0.162. The van der Waals surface area contributed by atoms with Gasteiger partial charge in [-0.15, -0.1) is 0 Å². The monoisotopic (exact) mass is 311 g/mol. The van der Waals surface area contributed by atoms with Gasteiger partial charge in [0.05, 0.1) is 5.56 Å². The summed E-state index contributed by atoms with van der Waals surface area (Å²) in [5.41, 5.74) is 4.06. The summed E-state index contributed by atoms with van der Waals surface area (Å²) in [6.45, 7) is 5.76. The molecule has 2 heterocycles. The Morgan fingerprint density at radius 3 is 2.39 bits per heavy atom. The molecule has 1 N–H and O–H groups in total. The number of hydrogen-bond donors (Lipinski definition) is 1. The van der Waals surface area contributed by atoms with Crippen LogP contribution in [-0.2, 0) is 0 Å². The lowest BCUT2D eigenvalue weighted by Gasteiger charge is -2.31. The molecule has 0 atom stereocenters. The van der Waals surface area contributed by atoms with Crippen LogP contribution in [0.3, 0.4) is 0 Å². The van der Waals surface area contributed by atoms with Crippen LogP contribution >= 0.6 is 0 Å². The fraction of sp³-hybridized carbons (Fsp3) is 0.421. The molecule has 4 heteroatoms. The number of para-hydroxylation sites is 1. The Morgan fingerprint density at radius 2 is 1.78 bits per heavy atom. The van der Waals surface area contributed by atoms with E-state index in [1.165, 1.54) is 0 Å². The van der Waals surface area contributed by atoms with Gasteiger partial charge in [0.25, 0.3) is 5.91 Å². The zero-order valence-corrected chi connectivity index (χ0v) is 14.2. The molecule has 1 saturated heterocycles. The predicted molar refractivity (Wildman–Crippen MR) is 93.2 cm³/mol. The number of nitrogens with one attached hydrogen (secondary N) is 1. The van der Waals surface area contributed by atoms with Gasteiger partial charge in [0.2, 0.25) is 0 Å². The summed E-state index contributed by atoms with van der Waals surface area (Å²) in [5.74, 6) is 0.162. The third-order valence-electron chi connectivity index (χ3n) is 4.87. The molecule has 2 aromatic rings. The Balaban J connectivity index is 1.85. The van der Waals surface area contributed by atoms with E-state index in [4.69, 9.17) is 0 Å². The van der Waals surface area contributed by atoms with Crippen LogP contribution in [0.4, 0.5) is 0 Å². The molecule has 1 fully saturated rings. The Kier molecular flexibility index (Phi) is 4.53. The average Bonchev–Trinajstić information content (AvgIpc) is 2.89. The smallest absolute Gasteiger partial charge is 0.255 e. The first-order valence-electron chi connectivity index (χ1n) is 8.32. The second kappa shape index (κ2) is 6.59. The van der Waals surface area contributed by atoms with Crippen molar-refractivity contribution in [3.63, 3.8) is 0 Å². The van der Waals surface area contributed by atoms with Crippen LogP contribution in [0.1, 0.15) is 34.6 Å². The fourth-order valence-electron chi connectivity index (χ4n) is 3.50. The Morgan fingerprint density at radius 1 is 1.13 bits per heavy atom. The quantitative estimate of drug-likeness (QED) is 0.946. The molecular weight excluding hydrogens is 286 g/mol. The second-order valence-electron chi connectivity index (χ2n) is 6.31. The highest BCUT2D eigenvalue weighted by Gasteiger charge is 2.25. The lowest BCUT2D eigenvalue weighted by molar-refractivity contribution is 0.0706. The largest absolute Gasteiger partial charge is 0.338 e. The summed E-state index contributed by atoms with van der Waals surface area (Å²) in [6, 6.07) is 12.8. The summed E-state index contributed by atoms with van der Waals surface area (Å²) in [7, 11) is 2.00. The molecule has 0 aliphatic carbocycles. The van der Waals surface area contributed by atoms with Crippen molar-refractivity contribution >= 4 is 5.91 Å². The molecule has 1 amide bonds. The number of rotatable bonds is 3. The van der Waals surface area contributed by atoms with Crippen LogP contribution in [0.25, 0.3) is 5.69 Å². The van der Waals surface area contributed by atoms with Gasteiger partial charge >= 0.3 is 0 Å². The maximum Gasteiger partial charge on any atom is 0.255 e. The molecule has 0 spiro atoms. The summed E-state index contributed by atoms with van der Waals surface area (Å²) < 4.78 is 2.16. The van der Waals surface area contributed by atoms with Crippen LogP contribution in [0.2, 0.25) is 0 Å². The van der Waals surface area contributed by atoms with E-state index in [1.807, 2.05) is 43.1 Å². The number of benzene rings is 1. The van der Waals surface area contributed by atoms with Crippen molar-refractivity contribution in [2.24, 2.45) is 0 Å². The Labute approximate surface area is 138 Å². The summed E-state index contributed by atoms with van der Waals surface area (Å²) in [5, 5.41) is 3.31. The molecule has 1 aliphatic heterocycles. The minimum atomic E-state index is 0.162. The molecule has 23 heavy (non-hydrogen) atoms. The number of nitrogens with zero attached hydrogens (tertiary/aromatic N) is 2. The second-order valence-corrected chi connectivity index (χ2v) is 6.31. The van der Waals surface area contributed by atoms with Crippen molar-refractivity contribution in [2.75, 3.05) is 20.1 Å². The molecule has 0 radical (unpaired) electrons.